The molecule has 0 spiro atoms. The first-order chi connectivity index (χ1) is 7.86. The fourth-order valence-corrected chi connectivity index (χ4v) is 1.70. The Morgan fingerprint density at radius 2 is 2.12 bits per heavy atom. The molecular weight excluding hydrogens is 198 g/mol. The highest BCUT2D eigenvalue weighted by atomic mass is 16.5. The minimum Gasteiger partial charge on any atom is -0.475 e. The van der Waals surface area contributed by atoms with Crippen LogP contribution in [0.1, 0.15) is 12.0 Å². The smallest absolute Gasteiger partial charge is 0.185 e. The van der Waals surface area contributed by atoms with E-state index in [0.717, 1.165) is 18.8 Å². The third-order valence-electron chi connectivity index (χ3n) is 2.60. The summed E-state index contributed by atoms with van der Waals surface area (Å²) in [6.07, 6.45) is 7.35. The van der Waals surface area contributed by atoms with Crippen molar-refractivity contribution in [3.63, 3.8) is 0 Å². The van der Waals surface area contributed by atoms with E-state index in [1.54, 1.807) is 0 Å². The maximum Gasteiger partial charge on any atom is 0.185 e. The standard InChI is InChI=1S/C14H17NO/c1-15-11-5-10-14(15)16-12-6-9-13-7-3-2-4-8-13/h2-4,6-10H,5,11-12H2,1H3/b9-6+. The van der Waals surface area contributed by atoms with Crippen molar-refractivity contribution in [2.24, 2.45) is 0 Å². The van der Waals surface area contributed by atoms with Gasteiger partial charge in [0.2, 0.25) is 0 Å². The summed E-state index contributed by atoms with van der Waals surface area (Å²) in [6.45, 7) is 1.70. The number of nitrogens with zero attached hydrogens (tertiary/aromatic N) is 1. The lowest BCUT2D eigenvalue weighted by atomic mass is 10.2. The first-order valence-corrected chi connectivity index (χ1v) is 5.62. The second-order valence-electron chi connectivity index (χ2n) is 3.88. The van der Waals surface area contributed by atoms with Gasteiger partial charge in [-0.05, 0) is 24.1 Å². The summed E-state index contributed by atoms with van der Waals surface area (Å²) in [5.74, 6) is 0.998. The normalized spacial score (nSPS) is 15.6. The highest BCUT2D eigenvalue weighted by Gasteiger charge is 2.09. The average molecular weight is 215 g/mol. The van der Waals surface area contributed by atoms with Gasteiger partial charge in [0, 0.05) is 13.6 Å². The van der Waals surface area contributed by atoms with Crippen LogP contribution in [0.5, 0.6) is 0 Å². The van der Waals surface area contributed by atoms with Gasteiger partial charge >= 0.3 is 0 Å². The van der Waals surface area contributed by atoms with Crippen LogP contribution in [0.25, 0.3) is 6.08 Å². The molecule has 0 atom stereocenters. The van der Waals surface area contributed by atoms with E-state index in [2.05, 4.69) is 36.2 Å². The largest absolute Gasteiger partial charge is 0.475 e. The molecular formula is C14H17NO. The van der Waals surface area contributed by atoms with Crippen molar-refractivity contribution in [2.75, 3.05) is 20.2 Å². The van der Waals surface area contributed by atoms with Gasteiger partial charge in [-0.3, -0.25) is 0 Å². The summed E-state index contributed by atoms with van der Waals surface area (Å²) < 4.78 is 5.64. The molecule has 0 radical (unpaired) electrons. The lowest BCUT2D eigenvalue weighted by molar-refractivity contribution is 0.163. The van der Waals surface area contributed by atoms with Gasteiger partial charge in [-0.2, -0.15) is 0 Å². The van der Waals surface area contributed by atoms with E-state index in [9.17, 15) is 0 Å². The molecule has 0 saturated carbocycles. The Labute approximate surface area is 96.8 Å². The molecule has 0 aliphatic carbocycles. The van der Waals surface area contributed by atoms with Crippen molar-refractivity contribution in [1.29, 1.82) is 0 Å². The number of hydrogen-bond donors (Lipinski definition) is 0. The lowest BCUT2D eigenvalue weighted by Gasteiger charge is -2.15. The molecule has 84 valence electrons. The van der Waals surface area contributed by atoms with Crippen LogP contribution in [-0.4, -0.2) is 25.1 Å². The minimum atomic E-state index is 0.630. The molecule has 0 bridgehead atoms. The van der Waals surface area contributed by atoms with E-state index in [1.165, 1.54) is 5.56 Å². The predicted octanol–water partition coefficient (Wildman–Crippen LogP) is 2.89. The van der Waals surface area contributed by atoms with E-state index >= 15 is 0 Å². The number of ether oxygens (including phenoxy) is 1. The second-order valence-corrected chi connectivity index (χ2v) is 3.88. The Balaban J connectivity index is 1.78. The summed E-state index contributed by atoms with van der Waals surface area (Å²) in [6, 6.07) is 10.3. The topological polar surface area (TPSA) is 12.5 Å². The molecule has 2 heteroatoms. The van der Waals surface area contributed by atoms with Gasteiger partial charge in [-0.1, -0.05) is 36.4 Å². The van der Waals surface area contributed by atoms with E-state index in [-0.39, 0.29) is 0 Å². The summed E-state index contributed by atoms with van der Waals surface area (Å²) in [5, 5.41) is 0. The van der Waals surface area contributed by atoms with Gasteiger partial charge < -0.3 is 9.64 Å². The van der Waals surface area contributed by atoms with Gasteiger partial charge in [0.05, 0.1) is 0 Å². The SMILES string of the molecule is CN1CCC=C1OC/C=C/c1ccccc1. The molecule has 0 amide bonds. The van der Waals surface area contributed by atoms with E-state index in [0.29, 0.717) is 6.61 Å². The van der Waals surface area contributed by atoms with Crippen LogP contribution in [-0.2, 0) is 4.74 Å². The van der Waals surface area contributed by atoms with Crippen LogP contribution in [0.3, 0.4) is 0 Å². The second kappa shape index (κ2) is 5.40. The quantitative estimate of drug-likeness (QED) is 0.765. The Bertz CT molecular complexity index is 381. The summed E-state index contributed by atoms with van der Waals surface area (Å²) in [5.41, 5.74) is 1.21. The van der Waals surface area contributed by atoms with Gasteiger partial charge in [0.1, 0.15) is 6.61 Å². The van der Waals surface area contributed by atoms with Crippen molar-refractivity contribution in [1.82, 2.24) is 4.90 Å². The maximum atomic E-state index is 5.64. The summed E-state index contributed by atoms with van der Waals surface area (Å²) in [4.78, 5) is 2.14. The molecule has 1 aromatic rings. The van der Waals surface area contributed by atoms with E-state index in [4.69, 9.17) is 4.74 Å². The highest BCUT2D eigenvalue weighted by molar-refractivity contribution is 5.48. The first-order valence-electron chi connectivity index (χ1n) is 5.62. The monoisotopic (exact) mass is 215 g/mol. The Kier molecular flexibility index (Phi) is 3.65. The van der Waals surface area contributed by atoms with Gasteiger partial charge in [-0.25, -0.2) is 0 Å². The molecule has 0 fully saturated rings. The molecule has 0 saturated heterocycles. The van der Waals surface area contributed by atoms with Crippen molar-refractivity contribution < 1.29 is 4.74 Å². The fraction of sp³-hybridized carbons (Fsp3) is 0.286. The Morgan fingerprint density at radius 1 is 1.31 bits per heavy atom. The molecule has 2 nitrogen and oxygen atoms in total. The number of benzene rings is 1. The highest BCUT2D eigenvalue weighted by Crippen LogP contribution is 2.13. The van der Waals surface area contributed by atoms with Gasteiger partial charge in [-0.15, -0.1) is 0 Å². The van der Waals surface area contributed by atoms with Crippen LogP contribution in [0, 0.1) is 0 Å². The fourth-order valence-electron chi connectivity index (χ4n) is 1.70. The zero-order valence-electron chi connectivity index (χ0n) is 9.60. The molecule has 0 N–H and O–H groups in total. The Morgan fingerprint density at radius 3 is 2.81 bits per heavy atom. The van der Waals surface area contributed by atoms with Crippen LogP contribution >= 0.6 is 0 Å². The van der Waals surface area contributed by atoms with Crippen LogP contribution < -0.4 is 0 Å². The molecule has 0 unspecified atom stereocenters. The predicted molar refractivity (Wildman–Crippen MR) is 66.8 cm³/mol. The molecule has 1 aliphatic rings. The van der Waals surface area contributed by atoms with E-state index < -0.39 is 0 Å². The first kappa shape index (κ1) is 10.8. The van der Waals surface area contributed by atoms with Crippen LogP contribution in [0.15, 0.2) is 48.4 Å². The zero-order chi connectivity index (χ0) is 11.2. The van der Waals surface area contributed by atoms with E-state index in [1.807, 2.05) is 24.3 Å². The zero-order valence-corrected chi connectivity index (χ0v) is 9.60. The third kappa shape index (κ3) is 2.89. The molecule has 1 aromatic carbocycles. The molecule has 1 aliphatic heterocycles. The summed E-state index contributed by atoms with van der Waals surface area (Å²) in [7, 11) is 2.06. The maximum absolute atomic E-state index is 5.64. The van der Waals surface area contributed by atoms with Crippen LogP contribution in [0.4, 0.5) is 0 Å². The molecule has 16 heavy (non-hydrogen) atoms. The van der Waals surface area contributed by atoms with Crippen molar-refractivity contribution >= 4 is 6.08 Å². The van der Waals surface area contributed by atoms with Crippen LogP contribution in [0.2, 0.25) is 0 Å². The van der Waals surface area contributed by atoms with Crippen molar-refractivity contribution in [3.05, 3.63) is 53.9 Å². The molecule has 0 aromatic heterocycles. The molecule has 2 rings (SSSR count). The van der Waals surface area contributed by atoms with Crippen molar-refractivity contribution in [2.45, 2.75) is 6.42 Å². The number of hydrogen-bond acceptors (Lipinski definition) is 2. The third-order valence-corrected chi connectivity index (χ3v) is 2.60. The Hall–Kier alpha value is -1.70. The van der Waals surface area contributed by atoms with Gasteiger partial charge in [0.15, 0.2) is 5.88 Å². The minimum absolute atomic E-state index is 0.630. The van der Waals surface area contributed by atoms with Crippen molar-refractivity contribution in [3.8, 4) is 0 Å². The summed E-state index contributed by atoms with van der Waals surface area (Å²) >= 11 is 0. The lowest BCUT2D eigenvalue weighted by Crippen LogP contribution is -2.15. The van der Waals surface area contributed by atoms with Gasteiger partial charge in [0.25, 0.3) is 0 Å². The molecule has 1 heterocycles. The number of rotatable bonds is 4. The average Bonchev–Trinajstić information content (AvgIpc) is 2.72.